The minimum atomic E-state index is -3.68. The van der Waals surface area contributed by atoms with Crippen molar-refractivity contribution in [3.8, 4) is 5.75 Å². The number of ether oxygens (including phenoxy) is 1. The predicted octanol–water partition coefficient (Wildman–Crippen LogP) is 3.32. The molecule has 2 bridgehead atoms. The molecule has 0 atom stereocenters. The quantitative estimate of drug-likeness (QED) is 0.801. The lowest BCUT2D eigenvalue weighted by Crippen LogP contribution is -2.13. The van der Waals surface area contributed by atoms with Crippen molar-refractivity contribution >= 4 is 26.9 Å². The summed E-state index contributed by atoms with van der Waals surface area (Å²) in [5.41, 5.74) is 1.27. The van der Waals surface area contributed by atoms with Gasteiger partial charge in [-0.3, -0.25) is 4.72 Å². The van der Waals surface area contributed by atoms with Crippen molar-refractivity contribution in [3.05, 3.63) is 42.5 Å². The van der Waals surface area contributed by atoms with Crippen molar-refractivity contribution in [1.29, 1.82) is 0 Å². The molecule has 0 aliphatic heterocycles. The highest BCUT2D eigenvalue weighted by Crippen LogP contribution is 2.30. The van der Waals surface area contributed by atoms with Gasteiger partial charge in [0, 0.05) is 6.07 Å². The number of benzene rings is 2. The van der Waals surface area contributed by atoms with Gasteiger partial charge in [0.15, 0.2) is 0 Å². The van der Waals surface area contributed by atoms with E-state index in [1.165, 1.54) is 13.2 Å². The van der Waals surface area contributed by atoms with E-state index in [2.05, 4.69) is 4.72 Å². The SMILES string of the molecule is C.COc1ccccc1NS(=O)(=O)c1cc2ccc1o2. The first-order valence-electron chi connectivity index (χ1n) is 5.58. The number of furan rings is 2. The van der Waals surface area contributed by atoms with Crippen LogP contribution in [0.1, 0.15) is 7.43 Å². The maximum absolute atomic E-state index is 12.3. The lowest BCUT2D eigenvalue weighted by Gasteiger charge is -2.10. The zero-order valence-electron chi connectivity index (χ0n) is 10.1. The van der Waals surface area contributed by atoms with Crippen LogP contribution in [0.15, 0.2) is 51.8 Å². The van der Waals surface area contributed by atoms with Gasteiger partial charge < -0.3 is 9.15 Å². The number of sulfonamides is 1. The van der Waals surface area contributed by atoms with Crippen molar-refractivity contribution < 1.29 is 17.6 Å². The number of hydrogen-bond donors (Lipinski definition) is 1. The summed E-state index contributed by atoms with van der Waals surface area (Å²) in [5, 5.41) is 0. The third-order valence-electron chi connectivity index (χ3n) is 2.78. The minimum Gasteiger partial charge on any atom is -0.495 e. The number of methoxy groups -OCH3 is 1. The monoisotopic (exact) mass is 293 g/mol. The molecular weight excluding hydrogens is 278 g/mol. The first-order valence-corrected chi connectivity index (χ1v) is 7.06. The van der Waals surface area contributed by atoms with Crippen molar-refractivity contribution in [2.24, 2.45) is 0 Å². The van der Waals surface area contributed by atoms with Crippen LogP contribution >= 0.6 is 0 Å². The van der Waals surface area contributed by atoms with Crippen LogP contribution in [0, 0.1) is 0 Å². The smallest absolute Gasteiger partial charge is 0.265 e. The van der Waals surface area contributed by atoms with Gasteiger partial charge in [-0.25, -0.2) is 8.42 Å². The Hall–Kier alpha value is -2.21. The van der Waals surface area contributed by atoms with E-state index in [-0.39, 0.29) is 12.3 Å². The van der Waals surface area contributed by atoms with Crippen LogP contribution < -0.4 is 9.46 Å². The van der Waals surface area contributed by atoms with Crippen LogP contribution in [-0.4, -0.2) is 15.5 Å². The molecular formula is C14H15NO4S. The molecule has 2 heterocycles. The maximum atomic E-state index is 12.3. The van der Waals surface area contributed by atoms with Crippen molar-refractivity contribution in [2.75, 3.05) is 11.8 Å². The fourth-order valence-corrected chi connectivity index (χ4v) is 3.12. The lowest BCUT2D eigenvalue weighted by atomic mass is 10.3. The van der Waals surface area contributed by atoms with E-state index < -0.39 is 10.0 Å². The summed E-state index contributed by atoms with van der Waals surface area (Å²) in [6.07, 6.45) is 0. The first kappa shape index (κ1) is 14.2. The summed E-state index contributed by atoms with van der Waals surface area (Å²) in [6, 6.07) is 11.7. The average molecular weight is 293 g/mol. The van der Waals surface area contributed by atoms with Gasteiger partial charge >= 0.3 is 0 Å². The summed E-state index contributed by atoms with van der Waals surface area (Å²) in [5.74, 6) is 0.462. The Kier molecular flexibility index (Phi) is 3.59. The second-order valence-corrected chi connectivity index (χ2v) is 5.67. The number of anilines is 1. The van der Waals surface area contributed by atoms with E-state index in [0.29, 0.717) is 22.6 Å². The van der Waals surface area contributed by atoms with Gasteiger partial charge in [0.2, 0.25) is 0 Å². The molecule has 3 rings (SSSR count). The third-order valence-corrected chi connectivity index (χ3v) is 4.17. The van der Waals surface area contributed by atoms with Crippen LogP contribution in [0.2, 0.25) is 0 Å². The van der Waals surface area contributed by atoms with Crippen molar-refractivity contribution in [3.63, 3.8) is 0 Å². The Morgan fingerprint density at radius 3 is 2.50 bits per heavy atom. The molecule has 20 heavy (non-hydrogen) atoms. The number of para-hydroxylation sites is 2. The molecule has 3 aromatic rings. The lowest BCUT2D eigenvalue weighted by molar-refractivity contribution is 0.417. The molecule has 0 aliphatic rings. The van der Waals surface area contributed by atoms with Crippen LogP contribution in [0.3, 0.4) is 0 Å². The summed E-state index contributed by atoms with van der Waals surface area (Å²) < 4.78 is 37.4. The molecule has 0 saturated heterocycles. The Morgan fingerprint density at radius 2 is 1.90 bits per heavy atom. The van der Waals surface area contributed by atoms with Crippen LogP contribution in [-0.2, 0) is 10.0 Å². The number of fused-ring (bicyclic) bond motifs is 2. The van der Waals surface area contributed by atoms with Crippen LogP contribution in [0.25, 0.3) is 11.2 Å². The molecule has 5 nitrogen and oxygen atoms in total. The van der Waals surface area contributed by atoms with Gasteiger partial charge in [0.25, 0.3) is 10.0 Å². The number of rotatable bonds is 4. The Labute approximate surface area is 117 Å². The van der Waals surface area contributed by atoms with Crippen molar-refractivity contribution in [1.82, 2.24) is 0 Å². The average Bonchev–Trinajstić information content (AvgIpc) is 3.01. The summed E-state index contributed by atoms with van der Waals surface area (Å²) in [4.78, 5) is 0.135. The highest BCUT2D eigenvalue weighted by Gasteiger charge is 2.22. The van der Waals surface area contributed by atoms with Gasteiger partial charge in [-0.1, -0.05) is 19.6 Å². The Bertz CT molecular complexity index is 807. The first-order chi connectivity index (χ1) is 9.10. The summed E-state index contributed by atoms with van der Waals surface area (Å²) >= 11 is 0. The topological polar surface area (TPSA) is 68.5 Å². The second-order valence-electron chi connectivity index (χ2n) is 4.02. The molecule has 1 N–H and O–H groups in total. The summed E-state index contributed by atoms with van der Waals surface area (Å²) in [6.45, 7) is 0. The van der Waals surface area contributed by atoms with Crippen LogP contribution in [0.4, 0.5) is 5.69 Å². The van der Waals surface area contributed by atoms with E-state index >= 15 is 0 Å². The second kappa shape index (κ2) is 5.05. The largest absolute Gasteiger partial charge is 0.495 e. The molecule has 0 fully saturated rings. The highest BCUT2D eigenvalue weighted by atomic mass is 32.2. The molecule has 0 saturated carbocycles. The van der Waals surface area contributed by atoms with E-state index in [9.17, 15) is 8.42 Å². The van der Waals surface area contributed by atoms with E-state index in [4.69, 9.17) is 9.15 Å². The zero-order chi connectivity index (χ0) is 13.5. The molecule has 0 amide bonds. The Balaban J connectivity index is 0.00000147. The standard InChI is InChI=1S/C13H11NO4S.CH4/c1-17-11-5-3-2-4-10(11)14-19(15,16)13-8-9-6-7-12(13)18-9;/h2-8,14H,1H3;1H4. The zero-order valence-corrected chi connectivity index (χ0v) is 10.9. The molecule has 1 aromatic carbocycles. The predicted molar refractivity (Wildman–Crippen MR) is 77.9 cm³/mol. The molecule has 0 radical (unpaired) electrons. The van der Waals surface area contributed by atoms with Gasteiger partial charge in [0.05, 0.1) is 12.8 Å². The minimum absolute atomic E-state index is 0. The van der Waals surface area contributed by atoms with Gasteiger partial charge in [-0.15, -0.1) is 0 Å². The number of hydrogen-bond acceptors (Lipinski definition) is 4. The van der Waals surface area contributed by atoms with E-state index in [0.717, 1.165) is 0 Å². The molecule has 6 heteroatoms. The molecule has 0 aliphatic carbocycles. The van der Waals surface area contributed by atoms with Crippen molar-refractivity contribution in [2.45, 2.75) is 12.3 Å². The molecule has 2 aromatic heterocycles. The highest BCUT2D eigenvalue weighted by molar-refractivity contribution is 7.93. The molecule has 0 unspecified atom stereocenters. The fourth-order valence-electron chi connectivity index (χ4n) is 1.90. The Morgan fingerprint density at radius 1 is 1.15 bits per heavy atom. The fraction of sp³-hybridized carbons (Fsp3) is 0.143. The molecule has 0 spiro atoms. The summed E-state index contributed by atoms with van der Waals surface area (Å²) in [7, 11) is -2.19. The molecule has 106 valence electrons. The van der Waals surface area contributed by atoms with Gasteiger partial charge in [-0.2, -0.15) is 0 Å². The van der Waals surface area contributed by atoms with E-state index in [1.54, 1.807) is 36.4 Å². The van der Waals surface area contributed by atoms with Gasteiger partial charge in [0.1, 0.15) is 21.8 Å². The van der Waals surface area contributed by atoms with E-state index in [1.807, 2.05) is 0 Å². The van der Waals surface area contributed by atoms with Crippen LogP contribution in [0.5, 0.6) is 5.75 Å². The maximum Gasteiger partial charge on any atom is 0.265 e. The normalized spacial score (nSPS) is 11.2. The third kappa shape index (κ3) is 2.30. The van der Waals surface area contributed by atoms with Gasteiger partial charge in [-0.05, 0) is 24.3 Å². The number of nitrogens with one attached hydrogen (secondary N) is 1.